The molecule has 0 bridgehead atoms. The SMILES string of the molecule is N=C(N)c1ccc(OC(F)F)c(C(F)(F)F)c1. The summed E-state index contributed by atoms with van der Waals surface area (Å²) in [4.78, 5) is 0. The van der Waals surface area contributed by atoms with Gasteiger partial charge in [-0.15, -0.1) is 0 Å². The van der Waals surface area contributed by atoms with Crippen molar-refractivity contribution in [1.82, 2.24) is 0 Å². The van der Waals surface area contributed by atoms with Crippen molar-refractivity contribution in [1.29, 1.82) is 5.41 Å². The van der Waals surface area contributed by atoms with E-state index in [0.717, 1.165) is 6.07 Å². The van der Waals surface area contributed by atoms with Gasteiger partial charge in [0.05, 0.1) is 5.56 Å². The van der Waals surface area contributed by atoms with E-state index in [1.165, 1.54) is 0 Å². The summed E-state index contributed by atoms with van der Waals surface area (Å²) in [5.41, 5.74) is 3.38. The molecule has 0 atom stereocenters. The lowest BCUT2D eigenvalue weighted by atomic mass is 10.1. The topological polar surface area (TPSA) is 59.1 Å². The Balaban J connectivity index is 3.27. The van der Waals surface area contributed by atoms with E-state index in [-0.39, 0.29) is 5.56 Å². The van der Waals surface area contributed by atoms with E-state index < -0.39 is 29.9 Å². The van der Waals surface area contributed by atoms with Crippen LogP contribution in [0.2, 0.25) is 0 Å². The van der Waals surface area contributed by atoms with Crippen LogP contribution < -0.4 is 10.5 Å². The first-order valence-corrected chi connectivity index (χ1v) is 4.22. The van der Waals surface area contributed by atoms with E-state index in [1.54, 1.807) is 0 Å². The highest BCUT2D eigenvalue weighted by molar-refractivity contribution is 5.95. The quantitative estimate of drug-likeness (QED) is 0.494. The number of alkyl halides is 5. The lowest BCUT2D eigenvalue weighted by Crippen LogP contribution is -2.16. The van der Waals surface area contributed by atoms with Gasteiger partial charge in [0.25, 0.3) is 0 Å². The largest absolute Gasteiger partial charge is 0.434 e. The third-order valence-corrected chi connectivity index (χ3v) is 1.81. The number of hydrogen-bond donors (Lipinski definition) is 2. The minimum atomic E-state index is -4.87. The maximum atomic E-state index is 12.5. The van der Waals surface area contributed by atoms with Gasteiger partial charge in [0.15, 0.2) is 0 Å². The van der Waals surface area contributed by atoms with Gasteiger partial charge in [-0.25, -0.2) is 0 Å². The van der Waals surface area contributed by atoms with Gasteiger partial charge in [0.1, 0.15) is 11.6 Å². The van der Waals surface area contributed by atoms with E-state index in [1.807, 2.05) is 0 Å². The Morgan fingerprint density at radius 1 is 1.29 bits per heavy atom. The van der Waals surface area contributed by atoms with Crippen LogP contribution in [0.15, 0.2) is 18.2 Å². The third-order valence-electron chi connectivity index (χ3n) is 1.81. The lowest BCUT2D eigenvalue weighted by molar-refractivity contribution is -0.141. The van der Waals surface area contributed by atoms with Gasteiger partial charge in [0, 0.05) is 5.56 Å². The first kappa shape index (κ1) is 13.2. The summed E-state index contributed by atoms with van der Waals surface area (Å²) >= 11 is 0. The van der Waals surface area contributed by atoms with E-state index in [4.69, 9.17) is 11.1 Å². The molecule has 94 valence electrons. The number of benzene rings is 1. The number of hydrogen-bond acceptors (Lipinski definition) is 2. The molecular weight excluding hydrogens is 247 g/mol. The van der Waals surface area contributed by atoms with Crippen LogP contribution in [0, 0.1) is 5.41 Å². The van der Waals surface area contributed by atoms with Crippen molar-refractivity contribution in [3.8, 4) is 5.75 Å². The number of halogens is 5. The monoisotopic (exact) mass is 254 g/mol. The number of amidine groups is 1. The minimum Gasteiger partial charge on any atom is -0.434 e. The highest BCUT2D eigenvalue weighted by Gasteiger charge is 2.35. The average molecular weight is 254 g/mol. The second-order valence-corrected chi connectivity index (χ2v) is 3.00. The van der Waals surface area contributed by atoms with Crippen molar-refractivity contribution >= 4 is 5.84 Å². The normalized spacial score (nSPS) is 11.6. The van der Waals surface area contributed by atoms with Gasteiger partial charge in [-0.2, -0.15) is 22.0 Å². The predicted molar refractivity (Wildman–Crippen MR) is 49.1 cm³/mol. The fraction of sp³-hybridized carbons (Fsp3) is 0.222. The molecule has 0 aliphatic heterocycles. The zero-order valence-corrected chi connectivity index (χ0v) is 8.18. The van der Waals surface area contributed by atoms with Crippen molar-refractivity contribution in [2.75, 3.05) is 0 Å². The van der Waals surface area contributed by atoms with E-state index in [0.29, 0.717) is 12.1 Å². The molecule has 1 rings (SSSR count). The molecule has 1 aromatic rings. The number of nitrogens with one attached hydrogen (secondary N) is 1. The number of rotatable bonds is 3. The Morgan fingerprint density at radius 3 is 2.29 bits per heavy atom. The number of nitrogen functional groups attached to an aromatic ring is 1. The molecule has 0 aliphatic rings. The molecule has 0 fully saturated rings. The van der Waals surface area contributed by atoms with Crippen LogP contribution in [0.3, 0.4) is 0 Å². The summed E-state index contributed by atoms with van der Waals surface area (Å²) in [7, 11) is 0. The molecular formula is C9H7F5N2O. The van der Waals surface area contributed by atoms with Crippen LogP contribution in [-0.4, -0.2) is 12.4 Å². The lowest BCUT2D eigenvalue weighted by Gasteiger charge is -2.14. The Labute approximate surface area is 92.5 Å². The van der Waals surface area contributed by atoms with Gasteiger partial charge in [-0.1, -0.05) is 0 Å². The molecule has 0 radical (unpaired) electrons. The fourth-order valence-electron chi connectivity index (χ4n) is 1.12. The Morgan fingerprint density at radius 2 is 1.88 bits per heavy atom. The first-order valence-electron chi connectivity index (χ1n) is 4.22. The van der Waals surface area contributed by atoms with Crippen molar-refractivity contribution < 1.29 is 26.7 Å². The number of ether oxygens (including phenoxy) is 1. The van der Waals surface area contributed by atoms with Gasteiger partial charge < -0.3 is 10.5 Å². The standard InChI is InChI=1S/C9H7F5N2O/c10-8(11)17-6-2-1-4(7(15)16)3-5(6)9(12,13)14/h1-3,8H,(H3,15,16). The Hall–Kier alpha value is -1.86. The molecule has 0 saturated heterocycles. The van der Waals surface area contributed by atoms with E-state index in [2.05, 4.69) is 4.74 Å². The second kappa shape index (κ2) is 4.56. The van der Waals surface area contributed by atoms with E-state index >= 15 is 0 Å². The van der Waals surface area contributed by atoms with Crippen molar-refractivity contribution in [3.05, 3.63) is 29.3 Å². The van der Waals surface area contributed by atoms with Crippen LogP contribution in [-0.2, 0) is 6.18 Å². The summed E-state index contributed by atoms with van der Waals surface area (Å²) in [6.45, 7) is -3.36. The molecule has 3 N–H and O–H groups in total. The molecule has 3 nitrogen and oxygen atoms in total. The Kier molecular flexibility index (Phi) is 3.54. The van der Waals surface area contributed by atoms with Crippen LogP contribution in [0.1, 0.15) is 11.1 Å². The first-order chi connectivity index (χ1) is 7.71. The summed E-state index contributed by atoms with van der Waals surface area (Å²) < 4.78 is 65.0. The Bertz CT molecular complexity index is 430. The van der Waals surface area contributed by atoms with Gasteiger partial charge in [-0.05, 0) is 18.2 Å². The van der Waals surface area contributed by atoms with Crippen molar-refractivity contribution in [2.24, 2.45) is 5.73 Å². The fourth-order valence-corrected chi connectivity index (χ4v) is 1.12. The average Bonchev–Trinajstić information content (AvgIpc) is 2.15. The molecule has 0 heterocycles. The molecule has 0 spiro atoms. The van der Waals surface area contributed by atoms with Crippen LogP contribution in [0.25, 0.3) is 0 Å². The van der Waals surface area contributed by atoms with E-state index in [9.17, 15) is 22.0 Å². The molecule has 8 heteroatoms. The summed E-state index contributed by atoms with van der Waals surface area (Å²) in [6, 6.07) is 2.18. The summed E-state index contributed by atoms with van der Waals surface area (Å²) in [6.07, 6.45) is -4.87. The van der Waals surface area contributed by atoms with Gasteiger partial charge >= 0.3 is 12.8 Å². The highest BCUT2D eigenvalue weighted by atomic mass is 19.4. The summed E-state index contributed by atoms with van der Waals surface area (Å²) in [5.74, 6) is -1.60. The molecule has 0 unspecified atom stereocenters. The zero-order valence-electron chi connectivity index (χ0n) is 8.18. The second-order valence-electron chi connectivity index (χ2n) is 3.00. The van der Waals surface area contributed by atoms with Crippen molar-refractivity contribution in [2.45, 2.75) is 12.8 Å². The summed E-state index contributed by atoms with van der Waals surface area (Å²) in [5, 5.41) is 6.97. The van der Waals surface area contributed by atoms with Crippen LogP contribution in [0.5, 0.6) is 5.75 Å². The molecule has 0 amide bonds. The smallest absolute Gasteiger partial charge is 0.419 e. The van der Waals surface area contributed by atoms with Gasteiger partial charge in [0.2, 0.25) is 0 Å². The maximum Gasteiger partial charge on any atom is 0.419 e. The van der Waals surface area contributed by atoms with Gasteiger partial charge in [-0.3, -0.25) is 5.41 Å². The predicted octanol–water partition coefficient (Wildman–Crippen LogP) is 2.59. The van der Waals surface area contributed by atoms with Crippen LogP contribution >= 0.6 is 0 Å². The molecule has 0 aromatic heterocycles. The third kappa shape index (κ3) is 3.30. The van der Waals surface area contributed by atoms with Crippen LogP contribution in [0.4, 0.5) is 22.0 Å². The number of nitrogens with two attached hydrogens (primary N) is 1. The minimum absolute atomic E-state index is 0.223. The molecule has 0 aliphatic carbocycles. The zero-order chi connectivity index (χ0) is 13.2. The maximum absolute atomic E-state index is 12.5. The molecule has 1 aromatic carbocycles. The molecule has 0 saturated carbocycles. The van der Waals surface area contributed by atoms with Crippen molar-refractivity contribution in [3.63, 3.8) is 0 Å². The highest BCUT2D eigenvalue weighted by Crippen LogP contribution is 2.37. The molecule has 17 heavy (non-hydrogen) atoms.